The van der Waals surface area contributed by atoms with Crippen molar-refractivity contribution >= 4 is 17.7 Å². The Bertz CT molecular complexity index is 547. The second-order valence-corrected chi connectivity index (χ2v) is 5.95. The summed E-state index contributed by atoms with van der Waals surface area (Å²) >= 11 is 0. The number of hydrogen-bond acceptors (Lipinski definition) is 3. The van der Waals surface area contributed by atoms with Crippen LogP contribution in [0.3, 0.4) is 0 Å². The maximum Gasteiger partial charge on any atom is 0.407 e. The molecular formula is C15H20N2O3. The van der Waals surface area contributed by atoms with E-state index < -0.39 is 11.7 Å². The van der Waals surface area contributed by atoms with Gasteiger partial charge in [0, 0.05) is 19.3 Å². The second-order valence-electron chi connectivity index (χ2n) is 5.95. The molecule has 2 rings (SSSR count). The summed E-state index contributed by atoms with van der Waals surface area (Å²) in [5.74, 6) is 0.0947. The smallest absolute Gasteiger partial charge is 0.407 e. The molecule has 1 aromatic rings. The van der Waals surface area contributed by atoms with Crippen molar-refractivity contribution < 1.29 is 14.3 Å². The zero-order valence-corrected chi connectivity index (χ0v) is 12.3. The third kappa shape index (κ3) is 3.29. The predicted octanol–water partition coefficient (Wildman–Crippen LogP) is 2.23. The zero-order valence-electron chi connectivity index (χ0n) is 12.3. The van der Waals surface area contributed by atoms with Crippen LogP contribution in [0.2, 0.25) is 0 Å². The molecule has 0 spiro atoms. The Morgan fingerprint density at radius 2 is 2.10 bits per heavy atom. The highest BCUT2D eigenvalue weighted by Crippen LogP contribution is 2.28. The van der Waals surface area contributed by atoms with E-state index in [1.807, 2.05) is 39.0 Å². The third-order valence-corrected chi connectivity index (χ3v) is 3.06. The van der Waals surface area contributed by atoms with Gasteiger partial charge >= 0.3 is 6.09 Å². The van der Waals surface area contributed by atoms with Crippen molar-refractivity contribution in [2.75, 3.05) is 11.9 Å². The van der Waals surface area contributed by atoms with E-state index in [0.29, 0.717) is 13.0 Å². The summed E-state index contributed by atoms with van der Waals surface area (Å²) in [5, 5.41) is 2.71. The van der Waals surface area contributed by atoms with Crippen LogP contribution in [0.15, 0.2) is 18.2 Å². The number of amides is 2. The van der Waals surface area contributed by atoms with Crippen LogP contribution < -0.4 is 10.2 Å². The summed E-state index contributed by atoms with van der Waals surface area (Å²) in [5.41, 5.74) is 2.38. The first-order valence-electron chi connectivity index (χ1n) is 6.61. The van der Waals surface area contributed by atoms with Gasteiger partial charge in [0.2, 0.25) is 5.91 Å². The molecule has 0 saturated heterocycles. The molecule has 5 nitrogen and oxygen atoms in total. The number of alkyl carbamates (subject to hydrolysis) is 1. The van der Waals surface area contributed by atoms with Gasteiger partial charge in [0.1, 0.15) is 5.60 Å². The highest BCUT2D eigenvalue weighted by molar-refractivity contribution is 6.00. The summed E-state index contributed by atoms with van der Waals surface area (Å²) in [4.78, 5) is 24.8. The molecule has 1 aliphatic heterocycles. The first-order valence-corrected chi connectivity index (χ1v) is 6.61. The number of ether oxygens (including phenoxy) is 1. The average Bonchev–Trinajstić information content (AvgIpc) is 2.61. The molecule has 0 aromatic heterocycles. The lowest BCUT2D eigenvalue weighted by Gasteiger charge is -2.19. The summed E-state index contributed by atoms with van der Waals surface area (Å²) in [7, 11) is 1.76. The van der Waals surface area contributed by atoms with Crippen LogP contribution >= 0.6 is 0 Å². The Kier molecular flexibility index (Phi) is 3.70. The number of nitrogens with zero attached hydrogens (tertiary/aromatic N) is 1. The molecule has 2 amide bonds. The fourth-order valence-electron chi connectivity index (χ4n) is 2.09. The van der Waals surface area contributed by atoms with Gasteiger partial charge in [-0.25, -0.2) is 4.79 Å². The Morgan fingerprint density at radius 3 is 2.75 bits per heavy atom. The largest absolute Gasteiger partial charge is 0.444 e. The number of anilines is 1. The monoisotopic (exact) mass is 276 g/mol. The minimum atomic E-state index is -0.505. The SMILES string of the molecule is CN1C(=O)Cc2ccc(CNC(=O)OC(C)(C)C)cc21. The Morgan fingerprint density at radius 1 is 1.40 bits per heavy atom. The van der Waals surface area contributed by atoms with Crippen LogP contribution in [0.25, 0.3) is 0 Å². The van der Waals surface area contributed by atoms with Crippen molar-refractivity contribution in [3.63, 3.8) is 0 Å². The lowest BCUT2D eigenvalue weighted by atomic mass is 10.1. The van der Waals surface area contributed by atoms with Crippen LogP contribution in [0.5, 0.6) is 0 Å². The molecule has 0 unspecified atom stereocenters. The summed E-state index contributed by atoms with van der Waals surface area (Å²) < 4.78 is 5.18. The molecular weight excluding hydrogens is 256 g/mol. The van der Waals surface area contributed by atoms with E-state index in [-0.39, 0.29) is 5.91 Å². The third-order valence-electron chi connectivity index (χ3n) is 3.06. The van der Waals surface area contributed by atoms with E-state index in [9.17, 15) is 9.59 Å². The molecule has 1 aliphatic rings. The van der Waals surface area contributed by atoms with Crippen LogP contribution in [-0.4, -0.2) is 24.6 Å². The lowest BCUT2D eigenvalue weighted by Crippen LogP contribution is -2.32. The molecule has 0 fully saturated rings. The molecule has 1 aromatic carbocycles. The molecule has 1 N–H and O–H groups in total. The number of benzene rings is 1. The highest BCUT2D eigenvalue weighted by atomic mass is 16.6. The van der Waals surface area contributed by atoms with Crippen molar-refractivity contribution in [2.24, 2.45) is 0 Å². The predicted molar refractivity (Wildman–Crippen MR) is 76.6 cm³/mol. The average molecular weight is 276 g/mol. The van der Waals surface area contributed by atoms with Gasteiger partial charge < -0.3 is 15.0 Å². The maximum atomic E-state index is 11.6. The molecule has 108 valence electrons. The van der Waals surface area contributed by atoms with Crippen molar-refractivity contribution in [3.8, 4) is 0 Å². The molecule has 20 heavy (non-hydrogen) atoms. The summed E-state index contributed by atoms with van der Waals surface area (Å²) in [6, 6.07) is 5.78. The molecule has 0 aliphatic carbocycles. The van der Waals surface area contributed by atoms with E-state index in [1.165, 1.54) is 0 Å². The number of rotatable bonds is 2. The molecule has 0 atom stereocenters. The lowest BCUT2D eigenvalue weighted by molar-refractivity contribution is -0.117. The number of likely N-dealkylation sites (N-methyl/N-ethyl adjacent to an activating group) is 1. The van der Waals surface area contributed by atoms with Crippen LogP contribution in [0.1, 0.15) is 31.9 Å². The van der Waals surface area contributed by atoms with Gasteiger partial charge in [0.25, 0.3) is 0 Å². The summed E-state index contributed by atoms with van der Waals surface area (Å²) in [6.45, 7) is 5.85. The standard InChI is InChI=1S/C15H20N2O3/c1-15(2,3)20-14(19)16-9-10-5-6-11-8-13(18)17(4)12(11)7-10/h5-7H,8-9H2,1-4H3,(H,16,19). The number of carbonyl (C=O) groups excluding carboxylic acids is 2. The Hall–Kier alpha value is -2.04. The van der Waals surface area contributed by atoms with E-state index in [4.69, 9.17) is 4.74 Å². The molecule has 0 radical (unpaired) electrons. The number of nitrogens with one attached hydrogen (secondary N) is 1. The van der Waals surface area contributed by atoms with Crippen LogP contribution in [0, 0.1) is 0 Å². The van der Waals surface area contributed by atoms with Gasteiger partial charge in [0.05, 0.1) is 6.42 Å². The quantitative estimate of drug-likeness (QED) is 0.901. The highest BCUT2D eigenvalue weighted by Gasteiger charge is 2.24. The molecule has 0 saturated carbocycles. The summed E-state index contributed by atoms with van der Waals surface area (Å²) in [6.07, 6.45) is 0.00781. The van der Waals surface area contributed by atoms with Crippen molar-refractivity contribution in [2.45, 2.75) is 39.3 Å². The van der Waals surface area contributed by atoms with Crippen molar-refractivity contribution in [1.82, 2.24) is 5.32 Å². The minimum absolute atomic E-state index is 0.0947. The molecule has 5 heteroatoms. The first kappa shape index (κ1) is 14.4. The van der Waals surface area contributed by atoms with Crippen LogP contribution in [-0.2, 0) is 22.5 Å². The van der Waals surface area contributed by atoms with Gasteiger partial charge in [-0.05, 0) is 38.0 Å². The van der Waals surface area contributed by atoms with Gasteiger partial charge in [-0.15, -0.1) is 0 Å². The Balaban J connectivity index is 1.99. The fraction of sp³-hybridized carbons (Fsp3) is 0.467. The van der Waals surface area contributed by atoms with Crippen LogP contribution in [0.4, 0.5) is 10.5 Å². The first-order chi connectivity index (χ1) is 9.26. The van der Waals surface area contributed by atoms with Crippen molar-refractivity contribution in [1.29, 1.82) is 0 Å². The normalized spacial score (nSPS) is 14.2. The van der Waals surface area contributed by atoms with E-state index in [2.05, 4.69) is 5.32 Å². The van der Waals surface area contributed by atoms with Gasteiger partial charge in [-0.3, -0.25) is 4.79 Å². The topological polar surface area (TPSA) is 58.6 Å². The molecule has 1 heterocycles. The van der Waals surface area contributed by atoms with Gasteiger partial charge in [0.15, 0.2) is 0 Å². The Labute approximate surface area is 118 Å². The van der Waals surface area contributed by atoms with Crippen molar-refractivity contribution in [3.05, 3.63) is 29.3 Å². The zero-order chi connectivity index (χ0) is 14.9. The number of fused-ring (bicyclic) bond motifs is 1. The minimum Gasteiger partial charge on any atom is -0.444 e. The number of carbonyl (C=O) groups is 2. The van der Waals surface area contributed by atoms with Gasteiger partial charge in [-0.2, -0.15) is 0 Å². The van der Waals surface area contributed by atoms with E-state index >= 15 is 0 Å². The maximum absolute atomic E-state index is 11.6. The fourth-order valence-corrected chi connectivity index (χ4v) is 2.09. The second kappa shape index (κ2) is 5.15. The molecule has 0 bridgehead atoms. The number of hydrogen-bond donors (Lipinski definition) is 1. The van der Waals surface area contributed by atoms with E-state index in [0.717, 1.165) is 16.8 Å². The van der Waals surface area contributed by atoms with Gasteiger partial charge in [-0.1, -0.05) is 12.1 Å². The van der Waals surface area contributed by atoms with E-state index in [1.54, 1.807) is 11.9 Å².